The van der Waals surface area contributed by atoms with Gasteiger partial charge in [-0.1, -0.05) is 43.2 Å². The highest BCUT2D eigenvalue weighted by Gasteiger charge is 2.25. The molecule has 0 saturated heterocycles. The smallest absolute Gasteiger partial charge is 0.341 e. The summed E-state index contributed by atoms with van der Waals surface area (Å²) in [6.07, 6.45) is 6.70. The molecule has 1 aliphatic rings. The summed E-state index contributed by atoms with van der Waals surface area (Å²) in [5.41, 5.74) is 2.97. The molecule has 6 heteroatoms. The lowest BCUT2D eigenvalue weighted by Gasteiger charge is -2.17. The number of nitrogens with one attached hydrogen (secondary N) is 2. The van der Waals surface area contributed by atoms with Crippen LogP contribution in [0.15, 0.2) is 30.3 Å². The molecule has 0 fully saturated rings. The summed E-state index contributed by atoms with van der Waals surface area (Å²) in [4.78, 5) is 13.8. The van der Waals surface area contributed by atoms with E-state index in [1.807, 2.05) is 18.2 Å². The van der Waals surface area contributed by atoms with Crippen molar-refractivity contribution in [2.45, 2.75) is 51.5 Å². The number of methoxy groups -OCH3 is 1. The lowest BCUT2D eigenvalue weighted by atomic mass is 9.96. The van der Waals surface area contributed by atoms with E-state index in [4.69, 9.17) is 17.0 Å². The van der Waals surface area contributed by atoms with Crippen molar-refractivity contribution in [1.82, 2.24) is 5.32 Å². The standard InChI is InChI=1S/C21H26N2O2S2/c1-14(15-10-6-5-7-11-15)22-21(26)23-19-18(20(24)25-2)16-12-8-3-4-9-13-17(16)27-19/h5-7,10-11,14H,3-4,8-9,12-13H2,1-2H3,(H2,22,23,26). The van der Waals surface area contributed by atoms with Crippen LogP contribution in [-0.2, 0) is 17.6 Å². The molecule has 0 aliphatic heterocycles. The highest BCUT2D eigenvalue weighted by Crippen LogP contribution is 2.37. The normalized spacial score (nSPS) is 15.0. The average Bonchev–Trinajstić information content (AvgIpc) is 2.97. The summed E-state index contributed by atoms with van der Waals surface area (Å²) in [5, 5.41) is 7.89. The van der Waals surface area contributed by atoms with Gasteiger partial charge in [-0.25, -0.2) is 4.79 Å². The van der Waals surface area contributed by atoms with Gasteiger partial charge >= 0.3 is 5.97 Å². The first-order valence-electron chi connectivity index (χ1n) is 9.45. The highest BCUT2D eigenvalue weighted by molar-refractivity contribution is 7.80. The molecular formula is C21H26N2O2S2. The van der Waals surface area contributed by atoms with Gasteiger partial charge < -0.3 is 15.4 Å². The first-order valence-corrected chi connectivity index (χ1v) is 10.7. The number of esters is 1. The predicted molar refractivity (Wildman–Crippen MR) is 116 cm³/mol. The van der Waals surface area contributed by atoms with Crippen LogP contribution in [0.5, 0.6) is 0 Å². The zero-order valence-corrected chi connectivity index (χ0v) is 17.5. The van der Waals surface area contributed by atoms with Gasteiger partial charge in [0.05, 0.1) is 18.7 Å². The maximum absolute atomic E-state index is 12.5. The van der Waals surface area contributed by atoms with E-state index in [-0.39, 0.29) is 12.0 Å². The molecule has 0 bridgehead atoms. The Labute approximate surface area is 170 Å². The maximum atomic E-state index is 12.5. The molecule has 1 heterocycles. The molecule has 1 unspecified atom stereocenters. The fraction of sp³-hybridized carbons (Fsp3) is 0.429. The number of carbonyl (C=O) groups excluding carboxylic acids is 1. The summed E-state index contributed by atoms with van der Waals surface area (Å²) < 4.78 is 5.07. The van der Waals surface area contributed by atoms with Crippen molar-refractivity contribution in [3.05, 3.63) is 51.9 Å². The van der Waals surface area contributed by atoms with Crippen LogP contribution in [0.3, 0.4) is 0 Å². The van der Waals surface area contributed by atoms with Gasteiger partial charge in [-0.15, -0.1) is 11.3 Å². The molecule has 0 saturated carbocycles. The Morgan fingerprint density at radius 2 is 1.85 bits per heavy atom. The fourth-order valence-corrected chi connectivity index (χ4v) is 5.11. The molecule has 0 spiro atoms. The van der Waals surface area contributed by atoms with Gasteiger partial charge in [0.15, 0.2) is 5.11 Å². The lowest BCUT2D eigenvalue weighted by Crippen LogP contribution is -2.31. The first kappa shape index (κ1) is 19.8. The molecule has 0 radical (unpaired) electrons. The molecule has 0 amide bonds. The Bertz CT molecular complexity index is 802. The van der Waals surface area contributed by atoms with E-state index in [9.17, 15) is 4.79 Å². The van der Waals surface area contributed by atoms with Gasteiger partial charge in [0.25, 0.3) is 0 Å². The van der Waals surface area contributed by atoms with Crippen molar-refractivity contribution in [3.63, 3.8) is 0 Å². The van der Waals surface area contributed by atoms with Crippen molar-refractivity contribution in [2.24, 2.45) is 0 Å². The number of aryl methyl sites for hydroxylation is 1. The molecular weight excluding hydrogens is 376 g/mol. The molecule has 1 aliphatic carbocycles. The zero-order chi connectivity index (χ0) is 19.2. The first-order chi connectivity index (χ1) is 13.1. The number of fused-ring (bicyclic) bond motifs is 1. The average molecular weight is 403 g/mol. The van der Waals surface area contributed by atoms with E-state index in [2.05, 4.69) is 29.7 Å². The monoisotopic (exact) mass is 402 g/mol. The Morgan fingerprint density at radius 1 is 1.15 bits per heavy atom. The molecule has 3 rings (SSSR count). The largest absolute Gasteiger partial charge is 0.465 e. The van der Waals surface area contributed by atoms with Gasteiger partial charge in [0.1, 0.15) is 5.00 Å². The topological polar surface area (TPSA) is 50.4 Å². The number of ether oxygens (including phenoxy) is 1. The van der Waals surface area contributed by atoms with Gasteiger partial charge in [0.2, 0.25) is 0 Å². The van der Waals surface area contributed by atoms with Crippen molar-refractivity contribution < 1.29 is 9.53 Å². The van der Waals surface area contributed by atoms with Gasteiger partial charge in [0, 0.05) is 4.88 Å². The van der Waals surface area contributed by atoms with E-state index in [0.717, 1.165) is 35.4 Å². The van der Waals surface area contributed by atoms with E-state index in [1.165, 1.54) is 31.2 Å². The number of hydrogen-bond donors (Lipinski definition) is 2. The number of hydrogen-bond acceptors (Lipinski definition) is 4. The van der Waals surface area contributed by atoms with Crippen LogP contribution < -0.4 is 10.6 Å². The summed E-state index contributed by atoms with van der Waals surface area (Å²) in [5.74, 6) is -0.283. The van der Waals surface area contributed by atoms with Crippen LogP contribution >= 0.6 is 23.6 Å². The number of rotatable bonds is 4. The molecule has 2 aromatic rings. The second-order valence-electron chi connectivity index (χ2n) is 6.84. The lowest BCUT2D eigenvalue weighted by molar-refractivity contribution is 0.0601. The number of benzene rings is 1. The van der Waals surface area contributed by atoms with Crippen LogP contribution in [0.4, 0.5) is 5.00 Å². The highest BCUT2D eigenvalue weighted by atomic mass is 32.1. The quantitative estimate of drug-likeness (QED) is 0.541. The number of anilines is 1. The van der Waals surface area contributed by atoms with Crippen molar-refractivity contribution in [3.8, 4) is 0 Å². The van der Waals surface area contributed by atoms with Gasteiger partial charge in [-0.3, -0.25) is 0 Å². The van der Waals surface area contributed by atoms with Crippen LogP contribution in [0.25, 0.3) is 0 Å². The number of thiocarbonyl (C=S) groups is 1. The predicted octanol–water partition coefficient (Wildman–Crippen LogP) is 5.24. The SMILES string of the molecule is COC(=O)c1c(NC(=S)NC(C)c2ccccc2)sc2c1CCCCCC2. The fourth-order valence-electron chi connectivity index (χ4n) is 3.49. The minimum Gasteiger partial charge on any atom is -0.465 e. The van der Waals surface area contributed by atoms with Crippen molar-refractivity contribution >= 4 is 39.6 Å². The third-order valence-electron chi connectivity index (χ3n) is 4.94. The molecule has 2 N–H and O–H groups in total. The summed E-state index contributed by atoms with van der Waals surface area (Å²) in [6.45, 7) is 2.07. The summed E-state index contributed by atoms with van der Waals surface area (Å²) >= 11 is 7.16. The Morgan fingerprint density at radius 3 is 2.56 bits per heavy atom. The van der Waals surface area contributed by atoms with Crippen LogP contribution in [-0.4, -0.2) is 18.2 Å². The maximum Gasteiger partial charge on any atom is 0.341 e. The number of carbonyl (C=O) groups is 1. The van der Waals surface area contributed by atoms with E-state index < -0.39 is 0 Å². The van der Waals surface area contributed by atoms with Crippen molar-refractivity contribution in [1.29, 1.82) is 0 Å². The molecule has 1 aromatic heterocycles. The summed E-state index contributed by atoms with van der Waals surface area (Å²) in [7, 11) is 1.44. The molecule has 144 valence electrons. The summed E-state index contributed by atoms with van der Waals surface area (Å²) in [6, 6.07) is 10.2. The van der Waals surface area contributed by atoms with Gasteiger partial charge in [-0.05, 0) is 56.0 Å². The molecule has 1 aromatic carbocycles. The van der Waals surface area contributed by atoms with E-state index in [0.29, 0.717) is 10.7 Å². The van der Waals surface area contributed by atoms with Crippen molar-refractivity contribution in [2.75, 3.05) is 12.4 Å². The van der Waals surface area contributed by atoms with Crippen LogP contribution in [0, 0.1) is 0 Å². The zero-order valence-electron chi connectivity index (χ0n) is 15.8. The van der Waals surface area contributed by atoms with E-state index >= 15 is 0 Å². The Kier molecular flexibility index (Phi) is 6.85. The minimum absolute atomic E-state index is 0.0776. The van der Waals surface area contributed by atoms with Crippen LogP contribution in [0.2, 0.25) is 0 Å². The third-order valence-corrected chi connectivity index (χ3v) is 6.36. The number of thiophene rings is 1. The second-order valence-corrected chi connectivity index (χ2v) is 8.36. The molecule has 1 atom stereocenters. The molecule has 4 nitrogen and oxygen atoms in total. The van der Waals surface area contributed by atoms with Gasteiger partial charge in [-0.2, -0.15) is 0 Å². The second kappa shape index (κ2) is 9.33. The third kappa shape index (κ3) is 4.87. The minimum atomic E-state index is -0.283. The Balaban J connectivity index is 1.79. The van der Waals surface area contributed by atoms with Crippen LogP contribution in [0.1, 0.15) is 65.0 Å². The Hall–Kier alpha value is -1.92. The van der Waals surface area contributed by atoms with E-state index in [1.54, 1.807) is 11.3 Å². The molecule has 27 heavy (non-hydrogen) atoms.